The number of amides is 1. The Balaban J connectivity index is 2.38. The number of nitrogens with zero attached hydrogens (tertiary/aromatic N) is 3. The second kappa shape index (κ2) is 7.01. The number of benzene rings is 1. The van der Waals surface area contributed by atoms with Crippen LogP contribution in [0, 0.1) is 24.0 Å². The molecule has 2 aromatic rings. The molecule has 0 aliphatic rings. The van der Waals surface area contributed by atoms with Gasteiger partial charge in [-0.15, -0.1) is 0 Å². The molecule has 0 fully saturated rings. The summed E-state index contributed by atoms with van der Waals surface area (Å²) in [6.07, 6.45) is 2.58. The van der Waals surface area contributed by atoms with Gasteiger partial charge in [0.2, 0.25) is 5.91 Å². The fourth-order valence-corrected chi connectivity index (χ4v) is 2.83. The fraction of sp³-hybridized carbons (Fsp3) is 0.133. The van der Waals surface area contributed by atoms with Gasteiger partial charge in [-0.05, 0) is 49.4 Å². The van der Waals surface area contributed by atoms with Crippen LogP contribution in [0.1, 0.15) is 17.0 Å². The van der Waals surface area contributed by atoms with Crippen molar-refractivity contribution >= 4 is 29.4 Å². The molecule has 0 radical (unpaired) electrons. The summed E-state index contributed by atoms with van der Waals surface area (Å²) in [5.74, 6) is -0.616. The Labute approximate surface area is 136 Å². The Hall–Kier alpha value is -2.74. The predicted molar refractivity (Wildman–Crippen MR) is 87.0 cm³/mol. The Bertz CT molecular complexity index is 785. The molecule has 0 saturated heterocycles. The standard InChI is InChI=1S/C15H14N4O3S/c1-9-7-10(2)18-15(17-9)23-13-5-3-11(4-6-14(16)20)8-12(13)19(21)22/h3-8H,1-2H3,(H2,16,20)/b6-4-. The van der Waals surface area contributed by atoms with Crippen molar-refractivity contribution in [3.63, 3.8) is 0 Å². The van der Waals surface area contributed by atoms with Gasteiger partial charge < -0.3 is 5.73 Å². The van der Waals surface area contributed by atoms with Crippen LogP contribution in [0.5, 0.6) is 0 Å². The van der Waals surface area contributed by atoms with Gasteiger partial charge >= 0.3 is 0 Å². The molecule has 0 aliphatic carbocycles. The van der Waals surface area contributed by atoms with E-state index < -0.39 is 10.8 Å². The van der Waals surface area contributed by atoms with Crippen molar-refractivity contribution in [2.45, 2.75) is 23.9 Å². The number of hydrogen-bond acceptors (Lipinski definition) is 6. The number of aromatic nitrogens is 2. The van der Waals surface area contributed by atoms with Crippen molar-refractivity contribution in [2.24, 2.45) is 5.73 Å². The van der Waals surface area contributed by atoms with Gasteiger partial charge in [0.25, 0.3) is 5.69 Å². The normalized spacial score (nSPS) is 10.9. The molecule has 2 rings (SSSR count). The molecule has 1 amide bonds. The SMILES string of the molecule is Cc1cc(C)nc(Sc2ccc(/C=C\C(N)=O)cc2[N+](=O)[O-])n1. The Morgan fingerprint density at radius 2 is 1.91 bits per heavy atom. The molecule has 0 unspecified atom stereocenters. The minimum absolute atomic E-state index is 0.0793. The molecule has 118 valence electrons. The van der Waals surface area contributed by atoms with E-state index in [4.69, 9.17) is 5.73 Å². The number of nitrogens with two attached hydrogens (primary N) is 1. The molecule has 7 nitrogen and oxygen atoms in total. The van der Waals surface area contributed by atoms with Crippen LogP contribution in [0.25, 0.3) is 6.08 Å². The van der Waals surface area contributed by atoms with Crippen molar-refractivity contribution in [1.29, 1.82) is 0 Å². The number of carbonyl (C=O) groups excluding carboxylic acids is 1. The molecule has 0 spiro atoms. The van der Waals surface area contributed by atoms with Gasteiger partial charge in [0.1, 0.15) is 0 Å². The highest BCUT2D eigenvalue weighted by Gasteiger charge is 2.16. The van der Waals surface area contributed by atoms with Gasteiger partial charge in [-0.2, -0.15) is 0 Å². The van der Waals surface area contributed by atoms with E-state index in [0.717, 1.165) is 29.2 Å². The Morgan fingerprint density at radius 3 is 2.48 bits per heavy atom. The maximum absolute atomic E-state index is 11.3. The molecular formula is C15H14N4O3S. The summed E-state index contributed by atoms with van der Waals surface area (Å²) in [5, 5.41) is 11.7. The van der Waals surface area contributed by atoms with E-state index in [2.05, 4.69) is 9.97 Å². The number of nitro groups is 1. The van der Waals surface area contributed by atoms with Gasteiger partial charge in [0.05, 0.1) is 9.82 Å². The van der Waals surface area contributed by atoms with Crippen molar-refractivity contribution < 1.29 is 9.72 Å². The fourth-order valence-electron chi connectivity index (χ4n) is 1.88. The summed E-state index contributed by atoms with van der Waals surface area (Å²) in [5.41, 5.74) is 7.04. The highest BCUT2D eigenvalue weighted by Crippen LogP contribution is 2.34. The highest BCUT2D eigenvalue weighted by molar-refractivity contribution is 7.99. The van der Waals surface area contributed by atoms with Crippen molar-refractivity contribution in [1.82, 2.24) is 9.97 Å². The summed E-state index contributed by atoms with van der Waals surface area (Å²) in [4.78, 5) is 30.5. The van der Waals surface area contributed by atoms with Gasteiger partial charge in [0.15, 0.2) is 5.16 Å². The van der Waals surface area contributed by atoms with E-state index in [0.29, 0.717) is 15.6 Å². The summed E-state index contributed by atoms with van der Waals surface area (Å²) < 4.78 is 0. The summed E-state index contributed by atoms with van der Waals surface area (Å²) >= 11 is 1.12. The lowest BCUT2D eigenvalue weighted by atomic mass is 10.2. The molecule has 1 aromatic carbocycles. The number of primary amides is 1. The first-order valence-electron chi connectivity index (χ1n) is 6.61. The van der Waals surface area contributed by atoms with Crippen LogP contribution in [-0.4, -0.2) is 20.8 Å². The van der Waals surface area contributed by atoms with E-state index in [1.165, 1.54) is 12.1 Å². The highest BCUT2D eigenvalue weighted by atomic mass is 32.2. The number of carbonyl (C=O) groups is 1. The summed E-state index contributed by atoms with van der Waals surface area (Å²) in [6.45, 7) is 3.68. The third-order valence-electron chi connectivity index (χ3n) is 2.78. The monoisotopic (exact) mass is 330 g/mol. The molecule has 1 aromatic heterocycles. The van der Waals surface area contributed by atoms with Gasteiger partial charge in [0, 0.05) is 23.5 Å². The lowest BCUT2D eigenvalue weighted by Gasteiger charge is -2.05. The zero-order valence-electron chi connectivity index (χ0n) is 12.5. The second-order valence-electron chi connectivity index (χ2n) is 4.76. The third-order valence-corrected chi connectivity index (χ3v) is 3.71. The average molecular weight is 330 g/mol. The molecule has 0 aliphatic heterocycles. The van der Waals surface area contributed by atoms with E-state index in [1.807, 2.05) is 19.9 Å². The smallest absolute Gasteiger partial charge is 0.283 e. The van der Waals surface area contributed by atoms with Crippen molar-refractivity contribution in [3.8, 4) is 0 Å². The molecule has 0 atom stereocenters. The zero-order valence-corrected chi connectivity index (χ0v) is 13.3. The Morgan fingerprint density at radius 1 is 1.26 bits per heavy atom. The predicted octanol–water partition coefficient (Wildman–Crippen LogP) is 2.65. The second-order valence-corrected chi connectivity index (χ2v) is 5.76. The van der Waals surface area contributed by atoms with Crippen LogP contribution < -0.4 is 5.73 Å². The van der Waals surface area contributed by atoms with E-state index in [1.54, 1.807) is 12.1 Å². The number of nitro benzene ring substituents is 1. The lowest BCUT2D eigenvalue weighted by molar-refractivity contribution is -0.387. The number of aryl methyl sites for hydroxylation is 2. The van der Waals surface area contributed by atoms with Crippen LogP contribution in [0.15, 0.2) is 40.4 Å². The first kappa shape index (κ1) is 16.6. The van der Waals surface area contributed by atoms with Crippen LogP contribution in [0.3, 0.4) is 0 Å². The maximum atomic E-state index is 11.3. The van der Waals surface area contributed by atoms with Crippen LogP contribution in [0.2, 0.25) is 0 Å². The Kier molecular flexibility index (Phi) is 5.07. The van der Waals surface area contributed by atoms with Crippen molar-refractivity contribution in [2.75, 3.05) is 0 Å². The minimum Gasteiger partial charge on any atom is -0.366 e. The zero-order chi connectivity index (χ0) is 17.0. The lowest BCUT2D eigenvalue weighted by Crippen LogP contribution is -2.05. The molecule has 2 N–H and O–H groups in total. The molecule has 23 heavy (non-hydrogen) atoms. The molecule has 1 heterocycles. The molecule has 0 bridgehead atoms. The minimum atomic E-state index is -0.616. The van der Waals surface area contributed by atoms with E-state index in [-0.39, 0.29) is 5.69 Å². The first-order chi connectivity index (χ1) is 10.8. The molecule has 8 heteroatoms. The topological polar surface area (TPSA) is 112 Å². The van der Waals surface area contributed by atoms with Crippen molar-refractivity contribution in [3.05, 3.63) is 57.4 Å². The summed E-state index contributed by atoms with van der Waals surface area (Å²) in [6, 6.07) is 6.47. The van der Waals surface area contributed by atoms with E-state index in [9.17, 15) is 14.9 Å². The maximum Gasteiger partial charge on any atom is 0.283 e. The largest absolute Gasteiger partial charge is 0.366 e. The van der Waals surface area contributed by atoms with Crippen LogP contribution >= 0.6 is 11.8 Å². The van der Waals surface area contributed by atoms with Crippen LogP contribution in [-0.2, 0) is 4.79 Å². The average Bonchev–Trinajstić information content (AvgIpc) is 2.44. The number of rotatable bonds is 5. The third kappa shape index (κ3) is 4.62. The van der Waals surface area contributed by atoms with Gasteiger partial charge in [-0.25, -0.2) is 9.97 Å². The quantitative estimate of drug-likeness (QED) is 0.390. The summed E-state index contributed by atoms with van der Waals surface area (Å²) in [7, 11) is 0. The van der Waals surface area contributed by atoms with Gasteiger partial charge in [-0.3, -0.25) is 14.9 Å². The van der Waals surface area contributed by atoms with Crippen LogP contribution in [0.4, 0.5) is 5.69 Å². The number of hydrogen-bond donors (Lipinski definition) is 1. The van der Waals surface area contributed by atoms with E-state index >= 15 is 0 Å². The molecule has 0 saturated carbocycles. The first-order valence-corrected chi connectivity index (χ1v) is 7.43. The molecular weight excluding hydrogens is 316 g/mol. The van der Waals surface area contributed by atoms with Gasteiger partial charge in [-0.1, -0.05) is 6.07 Å².